The van der Waals surface area contributed by atoms with Gasteiger partial charge in [-0.15, -0.1) is 21.7 Å². The van der Waals surface area contributed by atoms with Gasteiger partial charge < -0.3 is 29.8 Å². The number of nitrogens with zero attached hydrogens (tertiary/aromatic N) is 1. The molecule has 3 N–H and O–H groups in total. The minimum atomic E-state index is -1.81. The molecule has 16 heteroatoms. The van der Waals surface area contributed by atoms with Crippen LogP contribution in [-0.2, 0) is 43.1 Å². The first-order valence-corrected chi connectivity index (χ1v) is 17.8. The van der Waals surface area contributed by atoms with Gasteiger partial charge in [-0.2, -0.15) is 0 Å². The molecule has 4 aliphatic rings. The summed E-state index contributed by atoms with van der Waals surface area (Å²) in [6.07, 6.45) is 5.13. The Morgan fingerprint density at radius 2 is 1.84 bits per heavy atom. The van der Waals surface area contributed by atoms with E-state index in [0.29, 0.717) is 38.5 Å². The number of hydrogen-bond donors (Lipinski definition) is 3. The third kappa shape index (κ3) is 7.28. The fourth-order valence-corrected chi connectivity index (χ4v) is 9.82. The molecule has 0 radical (unpaired) electrons. The number of Topliss-reactive ketones (excluding diaryl/α,β-unsaturated/α-hetero) is 1. The predicted molar refractivity (Wildman–Crippen MR) is 178 cm³/mol. The number of hydrogen-bond acceptors (Lipinski definition) is 12. The Hall–Kier alpha value is -3.85. The van der Waals surface area contributed by atoms with Crippen molar-refractivity contribution in [2.24, 2.45) is 28.6 Å². The molecule has 0 saturated heterocycles. The van der Waals surface area contributed by atoms with Crippen LogP contribution in [0.3, 0.4) is 0 Å². The molecule has 0 aromatic carbocycles. The number of nitrogens with one attached hydrogen (secondary N) is 1. The summed E-state index contributed by atoms with van der Waals surface area (Å²) in [5.41, 5.74) is -2.96. The number of ketones is 2. The number of unbranched alkanes of at least 4 members (excludes halogenated alkanes) is 2. The van der Waals surface area contributed by atoms with Crippen molar-refractivity contribution in [3.05, 3.63) is 33.9 Å². The molecule has 0 bridgehead atoms. The van der Waals surface area contributed by atoms with Gasteiger partial charge in [0.2, 0.25) is 11.7 Å². The number of rotatable bonds is 16. The number of esters is 2. The molecule has 4 aliphatic carbocycles. The van der Waals surface area contributed by atoms with Crippen molar-refractivity contribution in [1.29, 1.82) is 0 Å². The molecule has 15 nitrogen and oxygen atoms in total. The molecule has 9 atom stereocenters. The van der Waals surface area contributed by atoms with Gasteiger partial charge in [-0.05, 0) is 62.5 Å². The molecule has 4 rings (SSSR count). The van der Waals surface area contributed by atoms with Gasteiger partial charge in [0.25, 0.3) is 5.09 Å². The van der Waals surface area contributed by atoms with E-state index in [2.05, 4.69) is 10.2 Å². The average molecular weight is 739 g/mol. The molecule has 3 fully saturated rings. The van der Waals surface area contributed by atoms with Crippen molar-refractivity contribution < 1.29 is 58.4 Å². The molecular formula is C35H47ClN2O13. The van der Waals surface area contributed by atoms with Gasteiger partial charge >= 0.3 is 17.9 Å². The van der Waals surface area contributed by atoms with Gasteiger partial charge in [0, 0.05) is 29.6 Å². The number of aliphatic carboxylic acids is 1. The zero-order valence-electron chi connectivity index (χ0n) is 29.3. The SMILES string of the molecule is CCC(=O)O[C@]1(C(=O)COC(=O)CC(NC(=O)CCCCCO[N+](=O)[O-])C(=O)O)[C@@H](C)CC2C3CCC4=CC(=O)C=C[C@]4(C)[C@@]3(Cl)[C@@H](O)C[C@@]21C. The average Bonchev–Trinajstić information content (AvgIpc) is 3.27. The number of alkyl halides is 1. The Kier molecular flexibility index (Phi) is 12.1. The van der Waals surface area contributed by atoms with Gasteiger partial charge in [0.1, 0.15) is 6.04 Å². The number of aliphatic hydroxyl groups is 1. The molecule has 3 saturated carbocycles. The van der Waals surface area contributed by atoms with E-state index in [9.17, 15) is 49.1 Å². The summed E-state index contributed by atoms with van der Waals surface area (Å²) in [6, 6.07) is -1.65. The quantitative estimate of drug-likeness (QED) is 0.0679. The molecular weight excluding hydrogens is 692 g/mol. The van der Waals surface area contributed by atoms with E-state index in [4.69, 9.17) is 21.1 Å². The number of amides is 1. The van der Waals surface area contributed by atoms with Crippen LogP contribution in [0.4, 0.5) is 0 Å². The molecule has 0 heterocycles. The summed E-state index contributed by atoms with van der Waals surface area (Å²) in [6.45, 7) is 6.07. The molecule has 0 aromatic rings. The summed E-state index contributed by atoms with van der Waals surface area (Å²) in [7, 11) is 0. The van der Waals surface area contributed by atoms with Crippen molar-refractivity contribution in [3.8, 4) is 0 Å². The first kappa shape index (κ1) is 39.9. The predicted octanol–water partition coefficient (Wildman–Crippen LogP) is 3.41. The molecule has 1 amide bonds. The molecule has 0 spiro atoms. The Morgan fingerprint density at radius 3 is 2.49 bits per heavy atom. The summed E-state index contributed by atoms with van der Waals surface area (Å²) in [4.78, 5) is 89.8. The number of allylic oxidation sites excluding steroid dienone is 4. The van der Waals surface area contributed by atoms with Gasteiger partial charge in [-0.25, -0.2) is 4.79 Å². The highest BCUT2D eigenvalue weighted by molar-refractivity contribution is 6.26. The summed E-state index contributed by atoms with van der Waals surface area (Å²) in [5.74, 6) is -6.01. The van der Waals surface area contributed by atoms with Crippen LogP contribution in [0.25, 0.3) is 0 Å². The number of carbonyl (C=O) groups excluding carboxylic acids is 5. The van der Waals surface area contributed by atoms with Gasteiger partial charge in [-0.1, -0.05) is 45.8 Å². The van der Waals surface area contributed by atoms with Crippen molar-refractivity contribution in [2.45, 2.75) is 115 Å². The topological polar surface area (TPSA) is 226 Å². The lowest BCUT2D eigenvalue weighted by Gasteiger charge is -2.64. The lowest BCUT2D eigenvalue weighted by atomic mass is 9.45. The van der Waals surface area contributed by atoms with E-state index in [1.165, 1.54) is 6.08 Å². The minimum absolute atomic E-state index is 0.0286. The number of carbonyl (C=O) groups is 6. The summed E-state index contributed by atoms with van der Waals surface area (Å²) < 4.78 is 11.4. The number of ether oxygens (including phenoxy) is 2. The van der Waals surface area contributed by atoms with E-state index in [0.717, 1.165) is 5.57 Å². The van der Waals surface area contributed by atoms with E-state index in [-0.39, 0.29) is 43.5 Å². The van der Waals surface area contributed by atoms with Crippen molar-refractivity contribution >= 4 is 47.0 Å². The minimum Gasteiger partial charge on any atom is -0.480 e. The second-order valence-electron chi connectivity index (χ2n) is 14.6. The highest BCUT2D eigenvalue weighted by atomic mass is 35.5. The maximum atomic E-state index is 14.3. The summed E-state index contributed by atoms with van der Waals surface area (Å²) in [5, 5.41) is 33.1. The van der Waals surface area contributed by atoms with E-state index < -0.39 is 87.1 Å². The third-order valence-electron chi connectivity index (χ3n) is 11.8. The first-order chi connectivity index (χ1) is 23.9. The lowest BCUT2D eigenvalue weighted by molar-refractivity contribution is -0.757. The third-order valence-corrected chi connectivity index (χ3v) is 12.7. The molecule has 0 aromatic heterocycles. The number of carboxylic acids is 1. The Labute approximate surface area is 300 Å². The maximum Gasteiger partial charge on any atom is 0.326 e. The Morgan fingerprint density at radius 1 is 1.14 bits per heavy atom. The first-order valence-electron chi connectivity index (χ1n) is 17.4. The monoisotopic (exact) mass is 738 g/mol. The van der Waals surface area contributed by atoms with Crippen LogP contribution in [0, 0.1) is 38.7 Å². The zero-order valence-corrected chi connectivity index (χ0v) is 30.1. The van der Waals surface area contributed by atoms with Crippen LogP contribution < -0.4 is 5.32 Å². The van der Waals surface area contributed by atoms with Gasteiger partial charge in [0.15, 0.2) is 18.0 Å². The highest BCUT2D eigenvalue weighted by Gasteiger charge is 2.76. The molecule has 51 heavy (non-hydrogen) atoms. The maximum absolute atomic E-state index is 14.3. The van der Waals surface area contributed by atoms with Crippen molar-refractivity contribution in [1.82, 2.24) is 5.32 Å². The van der Waals surface area contributed by atoms with Crippen LogP contribution in [-0.4, -0.2) is 86.5 Å². The smallest absolute Gasteiger partial charge is 0.326 e. The largest absolute Gasteiger partial charge is 0.480 e. The number of fused-ring (bicyclic) bond motifs is 5. The van der Waals surface area contributed by atoms with E-state index >= 15 is 0 Å². The standard InChI is InChI=1S/C35H47ClN2O13/c1-5-29(43)51-35(27(41)19-49-30(44)17-25(31(45)46)37-28(42)9-7-6-8-14-50-38(47)48)20(2)15-24-23-11-10-21-16-22(39)12-13-32(21,3)34(23,36)26(40)18-33(24,35)4/h12-13,16,20,23-26,40H,5-11,14-15,17-19H2,1-4H3,(H,37,42)(H,45,46)/t20-,23?,24?,25?,26-,32-,33-,34-,35-/m0/s1. The number of carboxylic acid groups (broad SMARTS) is 1. The second kappa shape index (κ2) is 15.4. The van der Waals surface area contributed by atoms with Crippen LogP contribution >= 0.6 is 11.6 Å². The van der Waals surface area contributed by atoms with Crippen LogP contribution in [0.5, 0.6) is 0 Å². The Balaban J connectivity index is 1.49. The second-order valence-corrected chi connectivity index (χ2v) is 15.2. The van der Waals surface area contributed by atoms with Crippen LogP contribution in [0.15, 0.2) is 23.8 Å². The van der Waals surface area contributed by atoms with Gasteiger partial charge in [-0.3, -0.25) is 24.0 Å². The van der Waals surface area contributed by atoms with E-state index in [1.807, 2.05) is 6.92 Å². The number of aliphatic hydroxyl groups excluding tert-OH is 1. The molecule has 3 unspecified atom stereocenters. The van der Waals surface area contributed by atoms with Crippen LogP contribution in [0.1, 0.15) is 91.9 Å². The summed E-state index contributed by atoms with van der Waals surface area (Å²) >= 11 is 7.52. The Bertz CT molecular complexity index is 1510. The lowest BCUT2D eigenvalue weighted by Crippen LogP contribution is -2.69. The van der Waals surface area contributed by atoms with Crippen LogP contribution in [0.2, 0.25) is 0 Å². The fraction of sp³-hybridized carbons (Fsp3) is 0.714. The number of halogens is 1. The highest BCUT2D eigenvalue weighted by Crippen LogP contribution is 2.72. The zero-order chi connectivity index (χ0) is 37.9. The van der Waals surface area contributed by atoms with Crippen molar-refractivity contribution in [3.63, 3.8) is 0 Å². The molecule has 0 aliphatic heterocycles. The van der Waals surface area contributed by atoms with E-state index in [1.54, 1.807) is 32.9 Å². The van der Waals surface area contributed by atoms with Crippen molar-refractivity contribution in [2.75, 3.05) is 13.2 Å². The molecule has 282 valence electrons. The fourth-order valence-electron chi connectivity index (χ4n) is 9.30. The normalized spacial score (nSPS) is 34.2. The van der Waals surface area contributed by atoms with Gasteiger partial charge in [0.05, 0.1) is 24.0 Å².